The van der Waals surface area contributed by atoms with E-state index in [9.17, 15) is 4.21 Å². The van der Waals surface area contributed by atoms with Crippen molar-refractivity contribution in [1.82, 2.24) is 5.32 Å². The molecule has 1 rings (SSSR count). The van der Waals surface area contributed by atoms with E-state index in [0.29, 0.717) is 6.04 Å². The highest BCUT2D eigenvalue weighted by Gasteiger charge is 2.18. The van der Waals surface area contributed by atoms with Crippen LogP contribution in [-0.4, -0.2) is 28.3 Å². The van der Waals surface area contributed by atoms with Gasteiger partial charge in [-0.1, -0.05) is 0 Å². The summed E-state index contributed by atoms with van der Waals surface area (Å²) < 4.78 is 11.2. The molecule has 4 heteroatoms. The quantitative estimate of drug-likeness (QED) is 0.748. The van der Waals surface area contributed by atoms with Crippen LogP contribution in [0.2, 0.25) is 0 Å². The molecule has 92 valence electrons. The Labute approximate surface area is 101 Å². The SMILES string of the molecule is CC(C)(C#N)CCCNC1CCS(=O)CC1. The van der Waals surface area contributed by atoms with Crippen molar-refractivity contribution >= 4 is 10.8 Å². The summed E-state index contributed by atoms with van der Waals surface area (Å²) in [6.45, 7) is 4.94. The number of nitrogens with one attached hydrogen (secondary N) is 1. The zero-order chi connectivity index (χ0) is 12.0. The first-order chi connectivity index (χ1) is 7.53. The molecule has 0 radical (unpaired) electrons. The maximum Gasteiger partial charge on any atom is 0.0683 e. The van der Waals surface area contributed by atoms with Crippen molar-refractivity contribution in [3.63, 3.8) is 0 Å². The molecule has 1 heterocycles. The minimum atomic E-state index is -0.567. The van der Waals surface area contributed by atoms with Crippen LogP contribution < -0.4 is 5.32 Å². The number of rotatable bonds is 5. The van der Waals surface area contributed by atoms with E-state index in [1.165, 1.54) is 0 Å². The first kappa shape index (κ1) is 13.7. The molecule has 0 aliphatic carbocycles. The van der Waals surface area contributed by atoms with Gasteiger partial charge in [-0.05, 0) is 46.1 Å². The van der Waals surface area contributed by atoms with E-state index in [4.69, 9.17) is 5.26 Å². The fraction of sp³-hybridized carbons (Fsp3) is 0.917. The number of nitriles is 1. The highest BCUT2D eigenvalue weighted by Crippen LogP contribution is 2.20. The molecule has 1 aliphatic rings. The maximum atomic E-state index is 11.2. The number of hydrogen-bond acceptors (Lipinski definition) is 3. The summed E-state index contributed by atoms with van der Waals surface area (Å²) in [7, 11) is -0.567. The van der Waals surface area contributed by atoms with Crippen LogP contribution in [0.5, 0.6) is 0 Å². The van der Waals surface area contributed by atoms with Gasteiger partial charge in [0.2, 0.25) is 0 Å². The summed E-state index contributed by atoms with van der Waals surface area (Å²) in [6.07, 6.45) is 4.05. The molecule has 0 spiro atoms. The molecule has 0 unspecified atom stereocenters. The summed E-state index contributed by atoms with van der Waals surface area (Å²) in [4.78, 5) is 0. The zero-order valence-electron chi connectivity index (χ0n) is 10.3. The largest absolute Gasteiger partial charge is 0.314 e. The van der Waals surface area contributed by atoms with Gasteiger partial charge in [0.25, 0.3) is 0 Å². The van der Waals surface area contributed by atoms with Gasteiger partial charge in [-0.2, -0.15) is 5.26 Å². The zero-order valence-corrected chi connectivity index (χ0v) is 11.1. The molecular weight excluding hydrogens is 220 g/mol. The first-order valence-corrected chi connectivity index (χ1v) is 7.52. The minimum Gasteiger partial charge on any atom is -0.314 e. The monoisotopic (exact) mass is 242 g/mol. The predicted molar refractivity (Wildman–Crippen MR) is 67.5 cm³/mol. The summed E-state index contributed by atoms with van der Waals surface area (Å²) in [5, 5.41) is 12.4. The van der Waals surface area contributed by atoms with Gasteiger partial charge in [0, 0.05) is 28.3 Å². The van der Waals surface area contributed by atoms with Crippen molar-refractivity contribution in [3.05, 3.63) is 0 Å². The van der Waals surface area contributed by atoms with E-state index in [1.807, 2.05) is 13.8 Å². The fourth-order valence-corrected chi connectivity index (χ4v) is 3.19. The first-order valence-electron chi connectivity index (χ1n) is 6.03. The van der Waals surface area contributed by atoms with Crippen molar-refractivity contribution < 1.29 is 4.21 Å². The Morgan fingerprint density at radius 2 is 2.06 bits per heavy atom. The van der Waals surface area contributed by atoms with Crippen molar-refractivity contribution in [2.75, 3.05) is 18.1 Å². The van der Waals surface area contributed by atoms with Gasteiger partial charge in [0.05, 0.1) is 11.5 Å². The second-order valence-electron chi connectivity index (χ2n) is 5.18. The second kappa shape index (κ2) is 6.36. The molecule has 1 saturated heterocycles. The average Bonchev–Trinajstić information content (AvgIpc) is 2.27. The predicted octanol–water partition coefficient (Wildman–Crippen LogP) is 1.82. The molecule has 1 aliphatic heterocycles. The molecule has 1 N–H and O–H groups in total. The molecule has 0 aromatic heterocycles. The molecule has 1 fully saturated rings. The topological polar surface area (TPSA) is 52.9 Å². The lowest BCUT2D eigenvalue weighted by atomic mass is 9.90. The fourth-order valence-electron chi connectivity index (χ4n) is 1.89. The van der Waals surface area contributed by atoms with Crippen molar-refractivity contribution in [2.45, 2.75) is 45.6 Å². The standard InChI is InChI=1S/C12H22N2OS/c1-12(2,10-13)6-3-7-14-11-4-8-16(15)9-5-11/h11,14H,3-9H2,1-2H3. The molecule has 0 aromatic carbocycles. The molecule has 0 bridgehead atoms. The van der Waals surface area contributed by atoms with Crippen LogP contribution in [0.4, 0.5) is 0 Å². The van der Waals surface area contributed by atoms with Crippen LogP contribution in [0.3, 0.4) is 0 Å². The Balaban J connectivity index is 2.08. The van der Waals surface area contributed by atoms with Gasteiger partial charge in [0.15, 0.2) is 0 Å². The Morgan fingerprint density at radius 1 is 1.44 bits per heavy atom. The average molecular weight is 242 g/mol. The lowest BCUT2D eigenvalue weighted by molar-refractivity contribution is 0.403. The Bertz CT molecular complexity index is 273. The van der Waals surface area contributed by atoms with Crippen molar-refractivity contribution in [3.8, 4) is 6.07 Å². The van der Waals surface area contributed by atoms with E-state index in [2.05, 4.69) is 11.4 Å². The van der Waals surface area contributed by atoms with Gasteiger partial charge in [-0.15, -0.1) is 0 Å². The van der Waals surface area contributed by atoms with Crippen LogP contribution >= 0.6 is 0 Å². The van der Waals surface area contributed by atoms with Crippen LogP contribution in [0, 0.1) is 16.7 Å². The van der Waals surface area contributed by atoms with Crippen molar-refractivity contribution in [1.29, 1.82) is 5.26 Å². The Morgan fingerprint density at radius 3 is 2.62 bits per heavy atom. The van der Waals surface area contributed by atoms with E-state index in [0.717, 1.165) is 43.7 Å². The molecular formula is C12H22N2OS. The van der Waals surface area contributed by atoms with Crippen LogP contribution in [0.1, 0.15) is 39.5 Å². The molecule has 3 nitrogen and oxygen atoms in total. The highest BCUT2D eigenvalue weighted by atomic mass is 32.2. The van der Waals surface area contributed by atoms with Crippen LogP contribution in [-0.2, 0) is 10.8 Å². The smallest absolute Gasteiger partial charge is 0.0683 e. The third-order valence-electron chi connectivity index (χ3n) is 3.10. The van der Waals surface area contributed by atoms with E-state index in [1.54, 1.807) is 0 Å². The molecule has 0 amide bonds. The number of nitrogens with zero attached hydrogens (tertiary/aromatic N) is 1. The van der Waals surface area contributed by atoms with E-state index in [-0.39, 0.29) is 5.41 Å². The maximum absolute atomic E-state index is 11.2. The molecule has 0 aromatic rings. The molecule has 0 saturated carbocycles. The second-order valence-corrected chi connectivity index (χ2v) is 6.87. The summed E-state index contributed by atoms with van der Waals surface area (Å²) >= 11 is 0. The third-order valence-corrected chi connectivity index (χ3v) is 4.48. The number of hydrogen-bond donors (Lipinski definition) is 1. The van der Waals surface area contributed by atoms with Crippen LogP contribution in [0.15, 0.2) is 0 Å². The van der Waals surface area contributed by atoms with Gasteiger partial charge in [-0.3, -0.25) is 4.21 Å². The van der Waals surface area contributed by atoms with Crippen molar-refractivity contribution in [2.24, 2.45) is 5.41 Å². The lowest BCUT2D eigenvalue weighted by Gasteiger charge is -2.23. The summed E-state index contributed by atoms with van der Waals surface area (Å²) in [5.74, 6) is 1.70. The van der Waals surface area contributed by atoms with Gasteiger partial charge < -0.3 is 5.32 Å². The minimum absolute atomic E-state index is 0.199. The van der Waals surface area contributed by atoms with Gasteiger partial charge >= 0.3 is 0 Å². The molecule has 0 atom stereocenters. The third kappa shape index (κ3) is 5.09. The highest BCUT2D eigenvalue weighted by molar-refractivity contribution is 7.85. The van der Waals surface area contributed by atoms with Crippen LogP contribution in [0.25, 0.3) is 0 Å². The molecule has 16 heavy (non-hydrogen) atoms. The lowest BCUT2D eigenvalue weighted by Crippen LogP contribution is -2.36. The van der Waals surface area contributed by atoms with Gasteiger partial charge in [-0.25, -0.2) is 0 Å². The van der Waals surface area contributed by atoms with E-state index >= 15 is 0 Å². The summed E-state index contributed by atoms with van der Waals surface area (Å²) in [6, 6.07) is 2.86. The van der Waals surface area contributed by atoms with Gasteiger partial charge in [0.1, 0.15) is 0 Å². The summed E-state index contributed by atoms with van der Waals surface area (Å²) in [5.41, 5.74) is -0.199. The van der Waals surface area contributed by atoms with E-state index < -0.39 is 10.8 Å². The Kier molecular flexibility index (Phi) is 5.43. The Hall–Kier alpha value is -0.400. The normalized spacial score (nSPS) is 26.3.